The fourth-order valence-electron chi connectivity index (χ4n) is 4.14. The fraction of sp³-hybridized carbons (Fsp3) is 0.310. The zero-order chi connectivity index (χ0) is 24.5. The van der Waals surface area contributed by atoms with Gasteiger partial charge in [-0.15, -0.1) is 11.3 Å². The SMILES string of the molecule is Cc1ccsc1CN(Cc1ccccc1)C(=O)CN(CC1CCCO1)C(=O)C=Cc1ccccc1. The summed E-state index contributed by atoms with van der Waals surface area (Å²) in [6.45, 7) is 4.24. The van der Waals surface area contributed by atoms with E-state index in [9.17, 15) is 9.59 Å². The molecular weight excluding hydrogens is 456 g/mol. The third-order valence-electron chi connectivity index (χ3n) is 6.18. The van der Waals surface area contributed by atoms with Gasteiger partial charge in [0.1, 0.15) is 6.54 Å². The summed E-state index contributed by atoms with van der Waals surface area (Å²) < 4.78 is 5.79. The largest absolute Gasteiger partial charge is 0.376 e. The summed E-state index contributed by atoms with van der Waals surface area (Å²) in [6.07, 6.45) is 5.22. The van der Waals surface area contributed by atoms with Crippen LogP contribution >= 0.6 is 11.3 Å². The van der Waals surface area contributed by atoms with Crippen molar-refractivity contribution < 1.29 is 14.3 Å². The zero-order valence-corrected chi connectivity index (χ0v) is 21.0. The Bertz CT molecular complexity index is 1120. The van der Waals surface area contributed by atoms with Gasteiger partial charge in [-0.3, -0.25) is 9.59 Å². The van der Waals surface area contributed by atoms with Gasteiger partial charge in [-0.25, -0.2) is 0 Å². The van der Waals surface area contributed by atoms with Crippen LogP contribution in [-0.2, 0) is 27.4 Å². The molecule has 0 bridgehead atoms. The monoisotopic (exact) mass is 488 g/mol. The van der Waals surface area contributed by atoms with E-state index in [1.54, 1.807) is 28.4 Å². The minimum atomic E-state index is -0.176. The van der Waals surface area contributed by atoms with Gasteiger partial charge >= 0.3 is 0 Å². The Kier molecular flexibility index (Phi) is 8.87. The Morgan fingerprint density at radius 1 is 1.00 bits per heavy atom. The second kappa shape index (κ2) is 12.5. The number of hydrogen-bond acceptors (Lipinski definition) is 4. The Hall–Kier alpha value is -3.22. The van der Waals surface area contributed by atoms with Crippen LogP contribution in [0.25, 0.3) is 6.08 Å². The molecule has 0 N–H and O–H groups in total. The number of carbonyl (C=O) groups excluding carboxylic acids is 2. The van der Waals surface area contributed by atoms with Crippen molar-refractivity contribution >= 4 is 29.2 Å². The second-order valence-corrected chi connectivity index (χ2v) is 9.86. The molecule has 5 nitrogen and oxygen atoms in total. The number of thiophene rings is 1. The zero-order valence-electron chi connectivity index (χ0n) is 20.1. The Balaban J connectivity index is 1.51. The number of aryl methyl sites for hydroxylation is 1. The van der Waals surface area contributed by atoms with Crippen LogP contribution in [0.3, 0.4) is 0 Å². The third kappa shape index (κ3) is 7.38. The molecule has 2 aromatic carbocycles. The maximum atomic E-state index is 13.6. The van der Waals surface area contributed by atoms with Gasteiger partial charge in [0.25, 0.3) is 0 Å². The number of carbonyl (C=O) groups is 2. The van der Waals surface area contributed by atoms with E-state index in [-0.39, 0.29) is 24.5 Å². The maximum Gasteiger partial charge on any atom is 0.247 e. The Labute approximate surface area is 211 Å². The van der Waals surface area contributed by atoms with E-state index in [0.29, 0.717) is 26.2 Å². The molecule has 35 heavy (non-hydrogen) atoms. The minimum Gasteiger partial charge on any atom is -0.376 e. The van der Waals surface area contributed by atoms with Crippen LogP contribution in [0, 0.1) is 6.92 Å². The lowest BCUT2D eigenvalue weighted by Gasteiger charge is -2.28. The number of amides is 2. The summed E-state index contributed by atoms with van der Waals surface area (Å²) in [7, 11) is 0. The van der Waals surface area contributed by atoms with Gasteiger partial charge < -0.3 is 14.5 Å². The summed E-state index contributed by atoms with van der Waals surface area (Å²) in [5, 5.41) is 2.05. The predicted octanol–water partition coefficient (Wildman–Crippen LogP) is 5.31. The van der Waals surface area contributed by atoms with Crippen molar-refractivity contribution in [3.8, 4) is 0 Å². The Morgan fingerprint density at radius 3 is 2.40 bits per heavy atom. The number of ether oxygens (including phenoxy) is 1. The van der Waals surface area contributed by atoms with Gasteiger partial charge in [0.2, 0.25) is 11.8 Å². The van der Waals surface area contributed by atoms with E-state index in [1.807, 2.05) is 65.6 Å². The van der Waals surface area contributed by atoms with Crippen LogP contribution < -0.4 is 0 Å². The molecule has 1 aliphatic rings. The molecule has 6 heteroatoms. The standard InChI is InChI=1S/C29H32N2O3S/c1-23-16-18-35-27(23)21-30(19-25-11-6-3-7-12-25)29(33)22-31(20-26-13-8-17-34-26)28(32)15-14-24-9-4-2-5-10-24/h2-7,9-12,14-16,18,26H,8,13,17,19-22H2,1H3. The molecule has 1 unspecified atom stereocenters. The van der Waals surface area contributed by atoms with E-state index in [2.05, 4.69) is 18.4 Å². The quantitative estimate of drug-likeness (QED) is 0.364. The fourth-order valence-corrected chi connectivity index (χ4v) is 5.06. The smallest absolute Gasteiger partial charge is 0.247 e. The highest BCUT2D eigenvalue weighted by molar-refractivity contribution is 7.10. The molecule has 2 heterocycles. The predicted molar refractivity (Wildman–Crippen MR) is 141 cm³/mol. The molecule has 1 atom stereocenters. The molecule has 0 radical (unpaired) electrons. The van der Waals surface area contributed by atoms with Gasteiger partial charge in [-0.1, -0.05) is 60.7 Å². The molecule has 0 aliphatic carbocycles. The van der Waals surface area contributed by atoms with Crippen molar-refractivity contribution in [1.82, 2.24) is 9.80 Å². The first-order valence-corrected chi connectivity index (χ1v) is 12.9. The van der Waals surface area contributed by atoms with E-state index in [1.165, 1.54) is 5.56 Å². The van der Waals surface area contributed by atoms with Crippen molar-refractivity contribution in [2.75, 3.05) is 19.7 Å². The average Bonchev–Trinajstić information content (AvgIpc) is 3.54. The summed E-state index contributed by atoms with van der Waals surface area (Å²) in [6, 6.07) is 21.8. The van der Waals surface area contributed by atoms with Gasteiger partial charge in [-0.2, -0.15) is 0 Å². The molecule has 182 valence electrons. The molecular formula is C29H32N2O3S. The van der Waals surface area contributed by atoms with Crippen LogP contribution in [-0.4, -0.2) is 47.4 Å². The highest BCUT2D eigenvalue weighted by atomic mass is 32.1. The van der Waals surface area contributed by atoms with Crippen molar-refractivity contribution in [2.24, 2.45) is 0 Å². The van der Waals surface area contributed by atoms with Crippen molar-refractivity contribution in [1.29, 1.82) is 0 Å². The molecule has 1 fully saturated rings. The van der Waals surface area contributed by atoms with Crippen molar-refractivity contribution in [3.63, 3.8) is 0 Å². The summed E-state index contributed by atoms with van der Waals surface area (Å²) >= 11 is 1.66. The normalized spacial score (nSPS) is 15.4. The topological polar surface area (TPSA) is 49.9 Å². The first kappa shape index (κ1) is 24.9. The van der Waals surface area contributed by atoms with Crippen LogP contribution in [0.2, 0.25) is 0 Å². The van der Waals surface area contributed by atoms with E-state index < -0.39 is 0 Å². The third-order valence-corrected chi connectivity index (χ3v) is 7.18. The van der Waals surface area contributed by atoms with Gasteiger partial charge in [0, 0.05) is 30.6 Å². The first-order valence-electron chi connectivity index (χ1n) is 12.1. The van der Waals surface area contributed by atoms with Crippen LogP contribution in [0.1, 0.15) is 34.4 Å². The van der Waals surface area contributed by atoms with Gasteiger partial charge in [0.05, 0.1) is 12.6 Å². The molecule has 1 aliphatic heterocycles. The lowest BCUT2D eigenvalue weighted by molar-refractivity contribution is -0.140. The highest BCUT2D eigenvalue weighted by Crippen LogP contribution is 2.20. The number of benzene rings is 2. The van der Waals surface area contributed by atoms with Gasteiger partial charge in [-0.05, 0) is 54.0 Å². The van der Waals surface area contributed by atoms with Crippen LogP contribution in [0.15, 0.2) is 78.2 Å². The van der Waals surface area contributed by atoms with E-state index in [4.69, 9.17) is 4.74 Å². The van der Waals surface area contributed by atoms with E-state index >= 15 is 0 Å². The average molecular weight is 489 g/mol. The van der Waals surface area contributed by atoms with Crippen molar-refractivity contribution in [2.45, 2.75) is 39.0 Å². The lowest BCUT2D eigenvalue weighted by atomic mass is 10.2. The second-order valence-electron chi connectivity index (χ2n) is 8.86. The molecule has 2 amide bonds. The number of hydrogen-bond donors (Lipinski definition) is 0. The molecule has 1 saturated heterocycles. The Morgan fingerprint density at radius 2 is 1.74 bits per heavy atom. The maximum absolute atomic E-state index is 13.6. The summed E-state index contributed by atoms with van der Waals surface area (Å²) in [5.41, 5.74) is 3.19. The van der Waals surface area contributed by atoms with Crippen LogP contribution in [0.5, 0.6) is 0 Å². The summed E-state index contributed by atoms with van der Waals surface area (Å²) in [4.78, 5) is 31.5. The minimum absolute atomic E-state index is 0.0229. The van der Waals surface area contributed by atoms with Crippen molar-refractivity contribution in [3.05, 3.63) is 99.8 Å². The highest BCUT2D eigenvalue weighted by Gasteiger charge is 2.26. The van der Waals surface area contributed by atoms with Gasteiger partial charge in [0.15, 0.2) is 0 Å². The molecule has 1 aromatic heterocycles. The van der Waals surface area contributed by atoms with Crippen LogP contribution in [0.4, 0.5) is 0 Å². The number of nitrogens with zero attached hydrogens (tertiary/aromatic N) is 2. The molecule has 3 aromatic rings. The molecule has 0 saturated carbocycles. The lowest BCUT2D eigenvalue weighted by Crippen LogP contribution is -2.44. The van der Waals surface area contributed by atoms with E-state index in [0.717, 1.165) is 28.8 Å². The molecule has 4 rings (SSSR count). The number of rotatable bonds is 10. The summed E-state index contributed by atoms with van der Waals surface area (Å²) in [5.74, 6) is -0.245. The molecule has 0 spiro atoms. The first-order chi connectivity index (χ1) is 17.1.